The van der Waals surface area contributed by atoms with E-state index in [1.165, 1.54) is 0 Å². The van der Waals surface area contributed by atoms with E-state index in [9.17, 15) is 4.79 Å². The van der Waals surface area contributed by atoms with E-state index in [1.54, 1.807) is 72.8 Å². The van der Waals surface area contributed by atoms with Gasteiger partial charge in [-0.15, -0.1) is 0 Å². The monoisotopic (exact) mass is 540 g/mol. The number of oxime groups is 2. The van der Waals surface area contributed by atoms with Crippen LogP contribution in [0.4, 0.5) is 16.2 Å². The topological polar surface area (TPSA) is 177 Å². The standard InChI is InChI=1S/C29H28N6O5/c1-17-3-9-21(15-25(17)39-23-11-5-19(6-12-23)27(30)34-37)32-29(36)33-22-10-4-18(2)26(16-22)40-24-13-7-20(8-14-24)28(31)35-38/h3-16,37-38H,1-2H3,(H2,30,34)(H2,31,35)(H2,32,33,36). The number of rotatable bonds is 8. The van der Waals surface area contributed by atoms with Crippen LogP contribution in [0.5, 0.6) is 23.0 Å². The summed E-state index contributed by atoms with van der Waals surface area (Å²) >= 11 is 0. The minimum absolute atomic E-state index is 0.00105. The summed E-state index contributed by atoms with van der Waals surface area (Å²) in [5, 5.41) is 29.2. The van der Waals surface area contributed by atoms with Crippen LogP contribution in [0.15, 0.2) is 95.2 Å². The lowest BCUT2D eigenvalue weighted by Gasteiger charge is -2.14. The lowest BCUT2D eigenvalue weighted by atomic mass is 10.2. The minimum Gasteiger partial charge on any atom is -0.457 e. The zero-order chi connectivity index (χ0) is 28.6. The van der Waals surface area contributed by atoms with Crippen molar-refractivity contribution in [3.05, 3.63) is 107 Å². The summed E-state index contributed by atoms with van der Waals surface area (Å²) in [6.07, 6.45) is 0. The van der Waals surface area contributed by atoms with E-state index in [-0.39, 0.29) is 11.7 Å². The Labute approximate surface area is 230 Å². The van der Waals surface area contributed by atoms with E-state index >= 15 is 0 Å². The fourth-order valence-electron chi connectivity index (χ4n) is 3.63. The van der Waals surface area contributed by atoms with Gasteiger partial charge in [0.15, 0.2) is 11.7 Å². The highest BCUT2D eigenvalue weighted by Crippen LogP contribution is 2.30. The van der Waals surface area contributed by atoms with Gasteiger partial charge in [0.2, 0.25) is 0 Å². The molecular formula is C29H28N6O5. The van der Waals surface area contributed by atoms with Gasteiger partial charge in [0.05, 0.1) is 0 Å². The molecule has 0 unspecified atom stereocenters. The molecule has 0 atom stereocenters. The molecule has 0 fully saturated rings. The molecule has 0 heterocycles. The number of ether oxygens (including phenoxy) is 2. The molecule has 0 spiro atoms. The van der Waals surface area contributed by atoms with Crippen LogP contribution in [-0.4, -0.2) is 28.1 Å². The quantitative estimate of drug-likeness (QED) is 0.0716. The molecule has 0 aliphatic rings. The Morgan fingerprint density at radius 1 is 0.650 bits per heavy atom. The Bertz CT molecular complexity index is 1450. The minimum atomic E-state index is -0.448. The molecule has 0 aliphatic carbocycles. The van der Waals surface area contributed by atoms with Gasteiger partial charge in [-0.3, -0.25) is 0 Å². The molecule has 11 nitrogen and oxygen atoms in total. The molecule has 4 aromatic rings. The number of benzene rings is 4. The molecule has 0 saturated heterocycles. The molecule has 0 aliphatic heterocycles. The van der Waals surface area contributed by atoms with Crippen LogP contribution in [0.2, 0.25) is 0 Å². The summed E-state index contributed by atoms with van der Waals surface area (Å²) in [7, 11) is 0. The average Bonchev–Trinajstić information content (AvgIpc) is 2.96. The number of nitrogens with zero attached hydrogens (tertiary/aromatic N) is 2. The van der Waals surface area contributed by atoms with Gasteiger partial charge in [0, 0.05) is 34.6 Å². The van der Waals surface area contributed by atoms with Crippen molar-refractivity contribution in [2.24, 2.45) is 21.8 Å². The Balaban J connectivity index is 1.41. The van der Waals surface area contributed by atoms with Crippen LogP contribution in [0.1, 0.15) is 22.3 Å². The largest absolute Gasteiger partial charge is 0.457 e. The number of carbonyl (C=O) groups excluding carboxylic acids is 1. The molecule has 4 aromatic carbocycles. The van der Waals surface area contributed by atoms with Crippen molar-refractivity contribution in [2.75, 3.05) is 10.6 Å². The van der Waals surface area contributed by atoms with Crippen LogP contribution in [0, 0.1) is 13.8 Å². The number of amides is 2. The maximum absolute atomic E-state index is 12.8. The van der Waals surface area contributed by atoms with E-state index < -0.39 is 6.03 Å². The fraction of sp³-hybridized carbons (Fsp3) is 0.0690. The highest BCUT2D eigenvalue weighted by molar-refractivity contribution is 6.00. The van der Waals surface area contributed by atoms with Gasteiger partial charge in [-0.1, -0.05) is 22.4 Å². The number of hydrogen-bond acceptors (Lipinski definition) is 7. The van der Waals surface area contributed by atoms with Gasteiger partial charge < -0.3 is 42.0 Å². The first kappa shape index (κ1) is 27.3. The Morgan fingerprint density at radius 3 is 1.38 bits per heavy atom. The zero-order valence-electron chi connectivity index (χ0n) is 21.8. The average molecular weight is 541 g/mol. The summed E-state index contributed by atoms with van der Waals surface area (Å²) in [5.74, 6) is 2.20. The van der Waals surface area contributed by atoms with Crippen LogP contribution in [0.25, 0.3) is 0 Å². The number of carbonyl (C=O) groups is 1. The molecule has 0 aromatic heterocycles. The second kappa shape index (κ2) is 12.2. The van der Waals surface area contributed by atoms with Crippen molar-refractivity contribution in [3.63, 3.8) is 0 Å². The second-order valence-corrected chi connectivity index (χ2v) is 8.76. The third-order valence-electron chi connectivity index (χ3n) is 5.86. The van der Waals surface area contributed by atoms with Crippen molar-refractivity contribution >= 4 is 29.1 Å². The lowest BCUT2D eigenvalue weighted by Crippen LogP contribution is -2.19. The molecule has 11 heteroatoms. The zero-order valence-corrected chi connectivity index (χ0v) is 21.8. The van der Waals surface area contributed by atoms with Gasteiger partial charge in [0.25, 0.3) is 0 Å². The van der Waals surface area contributed by atoms with E-state index in [0.717, 1.165) is 11.1 Å². The van der Waals surface area contributed by atoms with Crippen LogP contribution >= 0.6 is 0 Å². The number of amidine groups is 2. The summed E-state index contributed by atoms with van der Waals surface area (Å²) in [5.41, 5.74) is 15.1. The van der Waals surface area contributed by atoms with Crippen molar-refractivity contribution in [3.8, 4) is 23.0 Å². The number of anilines is 2. The normalized spacial score (nSPS) is 11.6. The lowest BCUT2D eigenvalue weighted by molar-refractivity contribution is 0.262. The Hall–Kier alpha value is -5.71. The van der Waals surface area contributed by atoms with Crippen molar-refractivity contribution < 1.29 is 24.7 Å². The fourth-order valence-corrected chi connectivity index (χ4v) is 3.63. The predicted octanol–water partition coefficient (Wildman–Crippen LogP) is 5.72. The number of nitrogens with two attached hydrogens (primary N) is 2. The number of aryl methyl sites for hydroxylation is 2. The van der Waals surface area contributed by atoms with Crippen molar-refractivity contribution in [2.45, 2.75) is 13.8 Å². The molecule has 0 bridgehead atoms. The number of nitrogens with one attached hydrogen (secondary N) is 2. The molecule has 40 heavy (non-hydrogen) atoms. The number of urea groups is 1. The van der Waals surface area contributed by atoms with E-state index in [4.69, 9.17) is 31.4 Å². The smallest absolute Gasteiger partial charge is 0.323 e. The van der Waals surface area contributed by atoms with Crippen molar-refractivity contribution in [1.82, 2.24) is 0 Å². The molecular weight excluding hydrogens is 512 g/mol. The highest BCUT2D eigenvalue weighted by Gasteiger charge is 2.10. The van der Waals surface area contributed by atoms with Gasteiger partial charge in [-0.2, -0.15) is 0 Å². The van der Waals surface area contributed by atoms with Gasteiger partial charge >= 0.3 is 6.03 Å². The first-order valence-electron chi connectivity index (χ1n) is 12.1. The third-order valence-corrected chi connectivity index (χ3v) is 5.86. The van der Waals surface area contributed by atoms with Gasteiger partial charge in [-0.25, -0.2) is 4.79 Å². The summed E-state index contributed by atoms with van der Waals surface area (Å²) in [6, 6.07) is 23.7. The first-order valence-corrected chi connectivity index (χ1v) is 12.1. The molecule has 8 N–H and O–H groups in total. The SMILES string of the molecule is Cc1ccc(NC(=O)Nc2ccc(C)c(Oc3ccc(/C(N)=N/O)cc3)c2)cc1Oc1ccc(/C(N)=N/O)cc1. The van der Waals surface area contributed by atoms with Gasteiger partial charge in [-0.05, 0) is 85.6 Å². The van der Waals surface area contributed by atoms with E-state index in [2.05, 4.69) is 20.9 Å². The molecule has 0 radical (unpaired) electrons. The van der Waals surface area contributed by atoms with Crippen LogP contribution in [-0.2, 0) is 0 Å². The van der Waals surface area contributed by atoms with Crippen molar-refractivity contribution in [1.29, 1.82) is 0 Å². The van der Waals surface area contributed by atoms with Crippen LogP contribution in [0.3, 0.4) is 0 Å². The summed E-state index contributed by atoms with van der Waals surface area (Å²) < 4.78 is 11.9. The predicted molar refractivity (Wildman–Crippen MR) is 153 cm³/mol. The van der Waals surface area contributed by atoms with E-state index in [0.29, 0.717) is 45.5 Å². The third kappa shape index (κ3) is 6.78. The second-order valence-electron chi connectivity index (χ2n) is 8.76. The maximum atomic E-state index is 12.8. The molecule has 0 saturated carbocycles. The Kier molecular flexibility index (Phi) is 8.35. The molecule has 4 rings (SSSR count). The van der Waals surface area contributed by atoms with Crippen LogP contribution < -0.4 is 31.6 Å². The first-order chi connectivity index (χ1) is 19.2. The highest BCUT2D eigenvalue weighted by atomic mass is 16.5. The molecule has 2 amide bonds. The summed E-state index contributed by atoms with van der Waals surface area (Å²) in [4.78, 5) is 12.8. The van der Waals surface area contributed by atoms with E-state index in [1.807, 2.05) is 26.0 Å². The number of hydrogen-bond donors (Lipinski definition) is 6. The Morgan fingerprint density at radius 2 is 1.02 bits per heavy atom. The molecule has 204 valence electrons. The van der Waals surface area contributed by atoms with Gasteiger partial charge in [0.1, 0.15) is 23.0 Å². The summed E-state index contributed by atoms with van der Waals surface area (Å²) in [6.45, 7) is 3.78. The maximum Gasteiger partial charge on any atom is 0.323 e.